The lowest BCUT2D eigenvalue weighted by atomic mass is 10.1. The van der Waals surface area contributed by atoms with Gasteiger partial charge in [-0.1, -0.05) is 64.2 Å². The van der Waals surface area contributed by atoms with E-state index in [1.807, 2.05) is 0 Å². The molecule has 0 fully saturated rings. The largest absolute Gasteiger partial charge is 0.511 e. The molecule has 0 spiro atoms. The molecule has 0 aromatic carbocycles. The molecular formula is C21H46N4O3. The van der Waals surface area contributed by atoms with E-state index < -0.39 is 18.6 Å². The van der Waals surface area contributed by atoms with Crippen molar-refractivity contribution in [3.63, 3.8) is 0 Å². The first-order chi connectivity index (χ1) is 13.6. The van der Waals surface area contributed by atoms with Crippen molar-refractivity contribution in [1.82, 2.24) is 0 Å². The van der Waals surface area contributed by atoms with Crippen molar-refractivity contribution in [3.8, 4) is 0 Å². The van der Waals surface area contributed by atoms with Crippen LogP contribution in [0.2, 0.25) is 0 Å². The minimum atomic E-state index is -0.761. The summed E-state index contributed by atoms with van der Waals surface area (Å²) in [6.07, 6.45) is 15.3. The minimum absolute atomic E-state index is 0.620. The van der Waals surface area contributed by atoms with Crippen molar-refractivity contribution in [1.29, 1.82) is 0 Å². The van der Waals surface area contributed by atoms with Gasteiger partial charge in [-0.25, -0.2) is 4.79 Å². The van der Waals surface area contributed by atoms with Crippen molar-refractivity contribution in [2.24, 2.45) is 22.9 Å². The maximum absolute atomic E-state index is 11.7. The zero-order valence-corrected chi connectivity index (χ0v) is 17.9. The quantitative estimate of drug-likeness (QED) is 0.138. The molecular weight excluding hydrogens is 356 g/mol. The highest BCUT2D eigenvalue weighted by Crippen LogP contribution is 2.11. The molecule has 0 bridgehead atoms. The Morgan fingerprint density at radius 1 is 0.536 bits per heavy atom. The van der Waals surface area contributed by atoms with Crippen LogP contribution in [0, 0.1) is 0 Å². The number of hydrogen-bond donors (Lipinski definition) is 4. The molecule has 0 rings (SSSR count). The van der Waals surface area contributed by atoms with Gasteiger partial charge >= 0.3 is 6.16 Å². The fourth-order valence-corrected chi connectivity index (χ4v) is 3.14. The van der Waals surface area contributed by atoms with Gasteiger partial charge in [0.15, 0.2) is 12.5 Å². The zero-order valence-electron chi connectivity index (χ0n) is 17.9. The van der Waals surface area contributed by atoms with Gasteiger partial charge in [-0.15, -0.1) is 0 Å². The third kappa shape index (κ3) is 19.9. The topological polar surface area (TPSA) is 140 Å². The third-order valence-corrected chi connectivity index (χ3v) is 4.88. The summed E-state index contributed by atoms with van der Waals surface area (Å²) in [5, 5.41) is 0. The summed E-state index contributed by atoms with van der Waals surface area (Å²) in [7, 11) is 0. The number of ether oxygens (including phenoxy) is 2. The van der Waals surface area contributed by atoms with Gasteiger partial charge in [0.2, 0.25) is 0 Å². The van der Waals surface area contributed by atoms with E-state index in [1.54, 1.807) is 0 Å². The average Bonchev–Trinajstić information content (AvgIpc) is 2.65. The predicted molar refractivity (Wildman–Crippen MR) is 115 cm³/mol. The van der Waals surface area contributed by atoms with Crippen LogP contribution in [-0.4, -0.2) is 31.7 Å². The van der Waals surface area contributed by atoms with Crippen molar-refractivity contribution in [2.75, 3.05) is 13.1 Å². The molecule has 168 valence electrons. The SMILES string of the molecule is NCCCCCCCCCC(N)OC(=O)OC(N)CCCCCCCCCN. The molecule has 0 aromatic rings. The molecule has 0 heterocycles. The summed E-state index contributed by atoms with van der Waals surface area (Å²) in [5.41, 5.74) is 22.6. The van der Waals surface area contributed by atoms with Crippen LogP contribution in [-0.2, 0) is 9.47 Å². The Kier molecular flexibility index (Phi) is 20.2. The Morgan fingerprint density at radius 3 is 1.14 bits per heavy atom. The Morgan fingerprint density at radius 2 is 0.821 bits per heavy atom. The van der Waals surface area contributed by atoms with Crippen LogP contribution in [0.15, 0.2) is 0 Å². The van der Waals surface area contributed by atoms with E-state index in [1.165, 1.54) is 51.4 Å². The van der Waals surface area contributed by atoms with E-state index in [-0.39, 0.29) is 0 Å². The third-order valence-electron chi connectivity index (χ3n) is 4.88. The molecule has 0 aromatic heterocycles. The summed E-state index contributed by atoms with van der Waals surface area (Å²) in [6.45, 7) is 1.56. The monoisotopic (exact) mass is 402 g/mol. The van der Waals surface area contributed by atoms with Gasteiger partial charge in [0.1, 0.15) is 0 Å². The summed E-state index contributed by atoms with van der Waals surface area (Å²) in [5.74, 6) is 0. The van der Waals surface area contributed by atoms with E-state index in [4.69, 9.17) is 32.4 Å². The second-order valence-electron chi connectivity index (χ2n) is 7.67. The lowest BCUT2D eigenvalue weighted by molar-refractivity contribution is -0.00356. The normalized spacial score (nSPS) is 13.3. The highest BCUT2D eigenvalue weighted by atomic mass is 16.7. The van der Waals surface area contributed by atoms with Crippen molar-refractivity contribution in [2.45, 2.75) is 115 Å². The van der Waals surface area contributed by atoms with Gasteiger partial charge < -0.3 is 20.9 Å². The number of carbonyl (C=O) groups excluding carboxylic acids is 1. The fourth-order valence-electron chi connectivity index (χ4n) is 3.14. The molecule has 2 atom stereocenters. The molecule has 28 heavy (non-hydrogen) atoms. The smallest absolute Gasteiger partial charge is 0.415 e. The van der Waals surface area contributed by atoms with E-state index in [0.717, 1.165) is 51.6 Å². The molecule has 0 saturated heterocycles. The van der Waals surface area contributed by atoms with E-state index in [9.17, 15) is 4.79 Å². The molecule has 7 nitrogen and oxygen atoms in total. The summed E-state index contributed by atoms with van der Waals surface area (Å²) < 4.78 is 10.2. The predicted octanol–water partition coefficient (Wildman–Crippen LogP) is 3.87. The molecule has 0 aliphatic heterocycles. The van der Waals surface area contributed by atoms with Crippen molar-refractivity contribution in [3.05, 3.63) is 0 Å². The highest BCUT2D eigenvalue weighted by Gasteiger charge is 2.14. The van der Waals surface area contributed by atoms with Crippen molar-refractivity contribution >= 4 is 6.16 Å². The van der Waals surface area contributed by atoms with Crippen LogP contribution in [0.25, 0.3) is 0 Å². The maximum Gasteiger partial charge on any atom is 0.511 e. The molecule has 0 aliphatic rings. The Bertz CT molecular complexity index is 316. The van der Waals surface area contributed by atoms with Crippen LogP contribution in [0.1, 0.15) is 103 Å². The Hall–Kier alpha value is -0.890. The molecule has 0 saturated carbocycles. The van der Waals surface area contributed by atoms with Crippen LogP contribution in [0.4, 0.5) is 4.79 Å². The fraction of sp³-hybridized carbons (Fsp3) is 0.952. The Labute approximate surface area is 172 Å². The van der Waals surface area contributed by atoms with Gasteiger partial charge in [0.25, 0.3) is 0 Å². The molecule has 0 aliphatic carbocycles. The van der Waals surface area contributed by atoms with Gasteiger partial charge in [-0.2, -0.15) is 0 Å². The first-order valence-electron chi connectivity index (χ1n) is 11.4. The lowest BCUT2D eigenvalue weighted by Gasteiger charge is -2.16. The second kappa shape index (κ2) is 20.8. The average molecular weight is 403 g/mol. The van der Waals surface area contributed by atoms with Gasteiger partial charge in [0, 0.05) is 0 Å². The second-order valence-corrected chi connectivity index (χ2v) is 7.67. The van der Waals surface area contributed by atoms with Gasteiger partial charge in [0.05, 0.1) is 0 Å². The van der Waals surface area contributed by atoms with Crippen LogP contribution in [0.5, 0.6) is 0 Å². The molecule has 7 heteroatoms. The number of hydrogen-bond acceptors (Lipinski definition) is 7. The molecule has 2 unspecified atom stereocenters. The van der Waals surface area contributed by atoms with Crippen LogP contribution >= 0.6 is 0 Å². The lowest BCUT2D eigenvalue weighted by Crippen LogP contribution is -2.32. The summed E-state index contributed by atoms with van der Waals surface area (Å²) >= 11 is 0. The van der Waals surface area contributed by atoms with Gasteiger partial charge in [-0.3, -0.25) is 11.5 Å². The van der Waals surface area contributed by atoms with E-state index in [0.29, 0.717) is 12.8 Å². The number of rotatable bonds is 20. The minimum Gasteiger partial charge on any atom is -0.415 e. The zero-order chi connectivity index (χ0) is 20.9. The number of nitrogens with two attached hydrogens (primary N) is 4. The molecule has 0 radical (unpaired) electrons. The summed E-state index contributed by atoms with van der Waals surface area (Å²) in [4.78, 5) is 11.7. The highest BCUT2D eigenvalue weighted by molar-refractivity contribution is 5.60. The Balaban J connectivity index is 3.49. The van der Waals surface area contributed by atoms with Gasteiger partial charge in [-0.05, 0) is 51.6 Å². The first kappa shape index (κ1) is 27.1. The van der Waals surface area contributed by atoms with E-state index >= 15 is 0 Å². The summed E-state index contributed by atoms with van der Waals surface area (Å²) in [6, 6.07) is 0. The van der Waals surface area contributed by atoms with Crippen LogP contribution in [0.3, 0.4) is 0 Å². The van der Waals surface area contributed by atoms with Crippen molar-refractivity contribution < 1.29 is 14.3 Å². The molecule has 0 amide bonds. The molecule has 8 N–H and O–H groups in total. The first-order valence-corrected chi connectivity index (χ1v) is 11.4. The standard InChI is InChI=1S/C21H46N4O3/c22-17-13-9-5-1-3-7-11-15-19(24)27-21(26)28-20(25)16-12-8-4-2-6-10-14-18-23/h19-20H,1-18,22-25H2. The number of unbranched alkanes of at least 4 members (excludes halogenated alkanes) is 12. The van der Waals surface area contributed by atoms with E-state index in [2.05, 4.69) is 0 Å². The van der Waals surface area contributed by atoms with Crippen LogP contribution < -0.4 is 22.9 Å². The maximum atomic E-state index is 11.7. The number of carbonyl (C=O) groups is 1.